The number of H-pyrrole nitrogens is 2. The standard InChI is InChI=1S/C46H61N13O8/c1-27(60)33-17-18-40(62)50-19-9-8-15-35(54-28(2)61)41(63)59-39(23-31-25-49-26-53-31)45(67)57-37(21-29-11-4-3-5-12-29)43(65)56-36(16-10-20-51-46(47)48)42(64)58-38(44(66)55-33)22-30-24-52-34-14-7-6-13-32(30)34/h3-7,11-14,24-26,33,35-39,52H,8-10,15-23H2,1-2H3,(H,49,53)(H,50,62)(H,54,61)(H,55,66)(H,56,65)(H,57,67)(H,58,64)(H,59,63)(H4,47,48,51)/t33-,35-,36-,37+,38-,39-/m0/s1. The zero-order valence-electron chi connectivity index (χ0n) is 37.7. The van der Waals surface area contributed by atoms with Crippen LogP contribution in [0.5, 0.6) is 0 Å². The summed E-state index contributed by atoms with van der Waals surface area (Å²) in [6.07, 6.45) is 5.51. The Balaban J connectivity index is 1.52. The van der Waals surface area contributed by atoms with Gasteiger partial charge in [0.2, 0.25) is 41.4 Å². The van der Waals surface area contributed by atoms with Crippen LogP contribution in [0.4, 0.5) is 0 Å². The second-order valence-corrected chi connectivity index (χ2v) is 16.6. The number of hydrogen-bond donors (Lipinski definition) is 12. The Hall–Kier alpha value is -7.58. The smallest absolute Gasteiger partial charge is 0.243 e. The number of para-hydroxylation sites is 1. The summed E-state index contributed by atoms with van der Waals surface area (Å²) in [5.74, 6) is -5.24. The highest BCUT2D eigenvalue weighted by atomic mass is 16.2. The van der Waals surface area contributed by atoms with Gasteiger partial charge >= 0.3 is 0 Å². The van der Waals surface area contributed by atoms with Gasteiger partial charge in [-0.1, -0.05) is 48.5 Å². The molecule has 21 nitrogen and oxygen atoms in total. The van der Waals surface area contributed by atoms with Gasteiger partial charge in [-0.25, -0.2) is 4.98 Å². The second-order valence-electron chi connectivity index (χ2n) is 16.6. The average molecular weight is 924 g/mol. The van der Waals surface area contributed by atoms with Crippen molar-refractivity contribution >= 4 is 64.0 Å². The van der Waals surface area contributed by atoms with Gasteiger partial charge in [-0.15, -0.1) is 0 Å². The summed E-state index contributed by atoms with van der Waals surface area (Å²) in [6.45, 7) is 2.91. The molecule has 21 heteroatoms. The quantitative estimate of drug-likeness (QED) is 0.0501. The van der Waals surface area contributed by atoms with E-state index in [-0.39, 0.29) is 76.3 Å². The number of fused-ring (bicyclic) bond motifs is 1. The molecule has 358 valence electrons. The van der Waals surface area contributed by atoms with Crippen LogP contribution in [0.15, 0.2) is 73.3 Å². The predicted molar refractivity (Wildman–Crippen MR) is 248 cm³/mol. The third-order valence-electron chi connectivity index (χ3n) is 11.3. The predicted octanol–water partition coefficient (Wildman–Crippen LogP) is -0.220. The fourth-order valence-corrected chi connectivity index (χ4v) is 7.73. The zero-order chi connectivity index (χ0) is 48.3. The summed E-state index contributed by atoms with van der Waals surface area (Å²) in [5, 5.41) is 30.3. The SMILES string of the molecule is CC(=O)N[C@H]1CCCCNC(=O)CC[C@@H](C(C)=O)NC(=O)[C@H](Cc2c[nH]c3ccccc23)NC(=O)[C@H](CCCNC(=N)N)NC(=O)[C@@H](Cc2ccccc2)NC(=O)[C@H](Cc2c[nH]cn2)NC1=O. The maximum Gasteiger partial charge on any atom is 0.243 e. The first-order valence-electron chi connectivity index (χ1n) is 22.4. The van der Waals surface area contributed by atoms with Gasteiger partial charge in [0.1, 0.15) is 30.2 Å². The number of carbonyl (C=O) groups excluding carboxylic acids is 8. The van der Waals surface area contributed by atoms with Gasteiger partial charge in [0, 0.05) is 69.0 Å². The van der Waals surface area contributed by atoms with E-state index in [1.54, 1.807) is 42.7 Å². The first-order chi connectivity index (χ1) is 32.2. The van der Waals surface area contributed by atoms with Crippen LogP contribution in [0.3, 0.4) is 0 Å². The minimum atomic E-state index is -1.31. The van der Waals surface area contributed by atoms with E-state index in [1.165, 1.54) is 20.2 Å². The van der Waals surface area contributed by atoms with Gasteiger partial charge in [-0.05, 0) is 62.6 Å². The van der Waals surface area contributed by atoms with Crippen molar-refractivity contribution in [3.63, 3.8) is 0 Å². The number of aromatic nitrogens is 3. The maximum atomic E-state index is 14.5. The van der Waals surface area contributed by atoms with Crippen molar-refractivity contribution in [3.05, 3.63) is 90.1 Å². The van der Waals surface area contributed by atoms with Crippen molar-refractivity contribution in [1.82, 2.24) is 57.5 Å². The average Bonchev–Trinajstić information content (AvgIpc) is 3.97. The summed E-state index contributed by atoms with van der Waals surface area (Å²) < 4.78 is 0. The number of nitrogens with two attached hydrogens (primary N) is 1. The van der Waals surface area contributed by atoms with Gasteiger partial charge in [0.15, 0.2) is 11.7 Å². The van der Waals surface area contributed by atoms with Crippen LogP contribution in [0, 0.1) is 5.41 Å². The van der Waals surface area contributed by atoms with Crippen molar-refractivity contribution in [2.45, 2.75) is 114 Å². The number of nitrogens with zero attached hydrogens (tertiary/aromatic N) is 1. The van der Waals surface area contributed by atoms with Crippen molar-refractivity contribution in [1.29, 1.82) is 5.41 Å². The Morgan fingerprint density at radius 3 is 2.07 bits per heavy atom. The van der Waals surface area contributed by atoms with Crippen LogP contribution >= 0.6 is 0 Å². The molecule has 0 radical (unpaired) electrons. The molecule has 4 aromatic rings. The molecule has 1 saturated heterocycles. The highest BCUT2D eigenvalue weighted by Crippen LogP contribution is 2.20. The largest absolute Gasteiger partial charge is 0.370 e. The number of Topliss-reactive ketones (excluding diaryl/α,β-unsaturated/α-hetero) is 1. The lowest BCUT2D eigenvalue weighted by molar-refractivity contribution is -0.135. The molecule has 1 aliphatic heterocycles. The third kappa shape index (κ3) is 16.1. The van der Waals surface area contributed by atoms with Crippen molar-refractivity contribution < 1.29 is 38.4 Å². The third-order valence-corrected chi connectivity index (χ3v) is 11.3. The molecule has 6 atom stereocenters. The fourth-order valence-electron chi connectivity index (χ4n) is 7.73. The summed E-state index contributed by atoms with van der Waals surface area (Å²) in [6, 6.07) is 8.88. The van der Waals surface area contributed by atoms with E-state index in [9.17, 15) is 38.4 Å². The summed E-state index contributed by atoms with van der Waals surface area (Å²) in [4.78, 5) is 120. The minimum Gasteiger partial charge on any atom is -0.370 e. The molecule has 0 unspecified atom stereocenters. The Morgan fingerprint density at radius 2 is 1.39 bits per heavy atom. The summed E-state index contributed by atoms with van der Waals surface area (Å²) >= 11 is 0. The molecular weight excluding hydrogens is 863 g/mol. The maximum absolute atomic E-state index is 14.5. The number of hydrogen-bond acceptors (Lipinski definition) is 10. The van der Waals surface area contributed by atoms with Crippen molar-refractivity contribution in [3.8, 4) is 0 Å². The molecule has 1 fully saturated rings. The first kappa shape index (κ1) is 50.4. The van der Waals surface area contributed by atoms with Crippen LogP contribution in [0.1, 0.15) is 75.6 Å². The first-order valence-corrected chi connectivity index (χ1v) is 22.4. The summed E-state index contributed by atoms with van der Waals surface area (Å²) in [7, 11) is 0. The van der Waals surface area contributed by atoms with E-state index in [0.29, 0.717) is 29.7 Å². The molecule has 3 heterocycles. The van der Waals surface area contributed by atoms with E-state index in [2.05, 4.69) is 57.5 Å². The van der Waals surface area contributed by atoms with Crippen LogP contribution < -0.4 is 48.3 Å². The molecule has 2 aromatic carbocycles. The number of carbonyl (C=O) groups is 8. The van der Waals surface area contributed by atoms with Crippen LogP contribution in [-0.4, -0.2) is 117 Å². The molecule has 2 aromatic heterocycles. The lowest BCUT2D eigenvalue weighted by Gasteiger charge is -2.28. The molecule has 0 saturated carbocycles. The minimum absolute atomic E-state index is 0.0150. The number of ketones is 1. The molecule has 13 N–H and O–H groups in total. The molecule has 0 aliphatic carbocycles. The number of guanidine groups is 1. The van der Waals surface area contributed by atoms with E-state index >= 15 is 0 Å². The number of benzene rings is 2. The normalized spacial score (nSPS) is 22.1. The Labute approximate surface area is 387 Å². The molecule has 67 heavy (non-hydrogen) atoms. The molecule has 1 aliphatic rings. The fraction of sp³-hybridized carbons (Fsp3) is 0.435. The Bertz CT molecular complexity index is 2350. The molecule has 0 bridgehead atoms. The molecule has 5 rings (SSSR count). The highest BCUT2D eigenvalue weighted by molar-refractivity contribution is 5.97. The number of rotatable bonds is 12. The monoisotopic (exact) mass is 923 g/mol. The van der Waals surface area contributed by atoms with Crippen LogP contribution in [-0.2, 0) is 57.6 Å². The van der Waals surface area contributed by atoms with Crippen LogP contribution in [0.25, 0.3) is 10.9 Å². The number of amides is 7. The lowest BCUT2D eigenvalue weighted by atomic mass is 10.0. The molecule has 0 spiro atoms. The van der Waals surface area contributed by atoms with E-state index in [4.69, 9.17) is 11.1 Å². The van der Waals surface area contributed by atoms with E-state index in [0.717, 1.165) is 10.9 Å². The Morgan fingerprint density at radius 1 is 0.746 bits per heavy atom. The second kappa shape index (κ2) is 25.2. The molecule has 7 amide bonds. The number of imidazole rings is 1. The lowest BCUT2D eigenvalue weighted by Crippen LogP contribution is -2.60. The number of aromatic amines is 2. The Kier molecular flexibility index (Phi) is 19.0. The van der Waals surface area contributed by atoms with Gasteiger partial charge in [0.25, 0.3) is 0 Å². The zero-order valence-corrected chi connectivity index (χ0v) is 37.7. The molecular formula is C46H61N13O8. The number of nitrogens with one attached hydrogen (secondary N) is 11. The highest BCUT2D eigenvalue weighted by Gasteiger charge is 2.34. The van der Waals surface area contributed by atoms with Crippen molar-refractivity contribution in [2.24, 2.45) is 5.73 Å². The van der Waals surface area contributed by atoms with Gasteiger partial charge in [-0.3, -0.25) is 43.8 Å². The van der Waals surface area contributed by atoms with E-state index < -0.39 is 77.5 Å². The van der Waals surface area contributed by atoms with E-state index in [1.807, 2.05) is 24.3 Å². The van der Waals surface area contributed by atoms with Gasteiger partial charge in [-0.2, -0.15) is 0 Å². The van der Waals surface area contributed by atoms with Gasteiger partial charge < -0.3 is 58.2 Å². The van der Waals surface area contributed by atoms with Crippen LogP contribution in [0.2, 0.25) is 0 Å². The van der Waals surface area contributed by atoms with Crippen molar-refractivity contribution in [2.75, 3.05) is 13.1 Å². The van der Waals surface area contributed by atoms with Gasteiger partial charge in [0.05, 0.1) is 18.1 Å². The summed E-state index contributed by atoms with van der Waals surface area (Å²) in [5.41, 5.74) is 8.06. The topological polar surface area (TPSA) is 327 Å².